The number of phenolic OH excluding ortho intramolecular Hbond substituents is 1. The monoisotopic (exact) mass is 654 g/mol. The zero-order valence-corrected chi connectivity index (χ0v) is 28.0. The molecule has 1 aliphatic heterocycles. The molecule has 0 bridgehead atoms. The third-order valence-electron chi connectivity index (χ3n) is 5.94. The van der Waals surface area contributed by atoms with Gasteiger partial charge in [-0.1, -0.05) is 18.2 Å². The van der Waals surface area contributed by atoms with Crippen molar-refractivity contribution in [3.8, 4) is 11.5 Å². The normalized spacial score (nSPS) is 13.6. The average Bonchev–Trinajstić information content (AvgIpc) is 3.39. The quantitative estimate of drug-likeness (QED) is 0.0710. The van der Waals surface area contributed by atoms with Gasteiger partial charge < -0.3 is 29.4 Å². The van der Waals surface area contributed by atoms with E-state index >= 15 is 0 Å². The fourth-order valence-corrected chi connectivity index (χ4v) is 4.03. The summed E-state index contributed by atoms with van der Waals surface area (Å²) >= 11 is 0. The molecule has 4 N–H and O–H groups in total. The Hall–Kier alpha value is -5.07. The van der Waals surface area contributed by atoms with Gasteiger partial charge in [0.15, 0.2) is 0 Å². The van der Waals surface area contributed by atoms with E-state index in [1.54, 1.807) is 59.8 Å². The molecule has 2 aromatic rings. The highest BCUT2D eigenvalue weighted by atomic mass is 16.6. The van der Waals surface area contributed by atoms with Crippen LogP contribution in [0.15, 0.2) is 53.5 Å². The maximum Gasteiger partial charge on any atom is 0.414 e. The van der Waals surface area contributed by atoms with Crippen LogP contribution in [0.5, 0.6) is 11.5 Å². The maximum atomic E-state index is 12.3. The van der Waals surface area contributed by atoms with E-state index in [1.807, 2.05) is 30.3 Å². The summed E-state index contributed by atoms with van der Waals surface area (Å²) < 4.78 is 20.4. The zero-order chi connectivity index (χ0) is 35.0. The largest absolute Gasteiger partial charge is 0.508 e. The first-order chi connectivity index (χ1) is 22.1. The summed E-state index contributed by atoms with van der Waals surface area (Å²) in [4.78, 5) is 49.9. The fourth-order valence-electron chi connectivity index (χ4n) is 4.03. The Kier molecular flexibility index (Phi) is 14.7. The summed E-state index contributed by atoms with van der Waals surface area (Å²) in [5, 5.41) is 17.2. The molecule has 0 saturated heterocycles. The average molecular weight is 655 g/mol. The van der Waals surface area contributed by atoms with Crippen LogP contribution >= 0.6 is 0 Å². The van der Waals surface area contributed by atoms with Gasteiger partial charge in [0, 0.05) is 25.6 Å². The first-order valence-electron chi connectivity index (χ1n) is 15.1. The maximum absolute atomic E-state index is 12.3. The molecule has 2 aromatic carbocycles. The molecule has 13 heteroatoms. The molecule has 0 radical (unpaired) electrons. The number of hydrogen-bond acceptors (Lipinski definition) is 10. The van der Waals surface area contributed by atoms with Gasteiger partial charge in [-0.25, -0.2) is 9.59 Å². The Balaban J connectivity index is 0.00000181. The van der Waals surface area contributed by atoms with Crippen molar-refractivity contribution in [1.29, 1.82) is 0 Å². The molecule has 0 fully saturated rings. The number of phenols is 1. The van der Waals surface area contributed by atoms with Crippen LogP contribution in [-0.2, 0) is 30.2 Å². The number of carbonyl (C=O) groups excluding carboxylic acids is 4. The number of guanidine groups is 1. The third-order valence-corrected chi connectivity index (χ3v) is 5.94. The summed E-state index contributed by atoms with van der Waals surface area (Å²) in [5.41, 5.74) is 1.50. The van der Waals surface area contributed by atoms with Gasteiger partial charge in [-0.05, 0) is 101 Å². The lowest BCUT2D eigenvalue weighted by Crippen LogP contribution is -2.47. The molecule has 47 heavy (non-hydrogen) atoms. The molecule has 0 aromatic heterocycles. The van der Waals surface area contributed by atoms with E-state index in [0.717, 1.165) is 22.4 Å². The number of aromatic hydroxyl groups is 1. The number of nitrogens with zero attached hydrogens (tertiary/aromatic N) is 1. The minimum absolute atomic E-state index is 0.0791. The molecule has 3 rings (SSSR count). The number of methoxy groups -OCH3 is 1. The fraction of sp³-hybridized carbons (Fsp3) is 0.441. The van der Waals surface area contributed by atoms with Crippen LogP contribution < -0.4 is 20.7 Å². The molecule has 1 aliphatic rings. The third kappa shape index (κ3) is 15.7. The van der Waals surface area contributed by atoms with Crippen molar-refractivity contribution in [1.82, 2.24) is 16.0 Å². The highest BCUT2D eigenvalue weighted by molar-refractivity contribution is 6.01. The number of amides is 3. The lowest BCUT2D eigenvalue weighted by molar-refractivity contribution is -0.126. The second-order valence-electron chi connectivity index (χ2n) is 12.4. The summed E-state index contributed by atoms with van der Waals surface area (Å²) in [6, 6.07) is 12.8. The molecule has 0 aliphatic carbocycles. The predicted molar refractivity (Wildman–Crippen MR) is 177 cm³/mol. The Morgan fingerprint density at radius 1 is 0.957 bits per heavy atom. The van der Waals surface area contributed by atoms with Crippen LogP contribution in [0.1, 0.15) is 77.2 Å². The van der Waals surface area contributed by atoms with E-state index in [0.29, 0.717) is 32.3 Å². The van der Waals surface area contributed by atoms with Crippen molar-refractivity contribution in [2.75, 3.05) is 20.2 Å². The van der Waals surface area contributed by atoms with Gasteiger partial charge >= 0.3 is 12.2 Å². The van der Waals surface area contributed by atoms with E-state index in [-0.39, 0.29) is 30.3 Å². The first-order valence-corrected chi connectivity index (χ1v) is 15.1. The number of benzene rings is 2. The van der Waals surface area contributed by atoms with Crippen molar-refractivity contribution in [2.24, 2.45) is 4.99 Å². The summed E-state index contributed by atoms with van der Waals surface area (Å²) in [6.45, 7) is 11.4. The van der Waals surface area contributed by atoms with Gasteiger partial charge in [0.1, 0.15) is 28.8 Å². The number of nitrogens with one attached hydrogen (secondary N) is 3. The highest BCUT2D eigenvalue weighted by Crippen LogP contribution is 2.37. The van der Waals surface area contributed by atoms with E-state index in [9.17, 15) is 19.5 Å². The van der Waals surface area contributed by atoms with Gasteiger partial charge in [-0.15, -0.1) is 0 Å². The molecule has 0 unspecified atom stereocenters. The minimum Gasteiger partial charge on any atom is -0.508 e. The van der Waals surface area contributed by atoms with Gasteiger partial charge in [-0.2, -0.15) is 0 Å². The molecule has 0 saturated carbocycles. The van der Waals surface area contributed by atoms with Crippen LogP contribution in [0, 0.1) is 0 Å². The SMILES string of the molecule is CC(C)(C)OC(=O)NC(=NCCCCNC(=O)/C=C/c1ccc2c(c1)C[C@H](c1ccc(O)cc1)O2)NC(=O)OC(C)(C)C.COC=O. The number of ether oxygens (including phenoxy) is 4. The van der Waals surface area contributed by atoms with Crippen molar-refractivity contribution in [2.45, 2.75) is 78.1 Å². The Bertz CT molecular complexity index is 1380. The standard InChI is InChI=1S/C32H42N4O7.C2H4O2/c1-31(2,3)42-29(39)35-28(36-30(40)43-32(4,5)6)34-18-8-7-17-33-27(38)16-10-21-9-15-25-23(19-21)20-26(41-25)22-11-13-24(37)14-12-22;1-4-2-3/h9-16,19,26,37H,7-8,17-18,20H2,1-6H3,(H,33,38)(H2,34,35,36,39,40);2H,1H3/b16-10+;/t26-;/m1./s1. The van der Waals surface area contributed by atoms with Gasteiger partial charge in [0.2, 0.25) is 11.9 Å². The van der Waals surface area contributed by atoms with E-state index in [4.69, 9.17) is 19.0 Å². The molecular formula is C34H46N4O9. The van der Waals surface area contributed by atoms with Crippen LogP contribution in [0.2, 0.25) is 0 Å². The van der Waals surface area contributed by atoms with Crippen LogP contribution in [0.3, 0.4) is 0 Å². The number of alkyl carbamates (subject to hydrolysis) is 2. The second kappa shape index (κ2) is 18.2. The molecule has 256 valence electrons. The minimum atomic E-state index is -0.755. The number of rotatable bonds is 9. The number of fused-ring (bicyclic) bond motifs is 1. The number of aliphatic imine (C=N–C) groups is 1. The van der Waals surface area contributed by atoms with Crippen molar-refractivity contribution in [3.63, 3.8) is 0 Å². The molecule has 1 atom stereocenters. The number of unbranched alkanes of at least 4 members (excludes halogenated alkanes) is 1. The molecule has 13 nitrogen and oxygen atoms in total. The Morgan fingerprint density at radius 2 is 1.55 bits per heavy atom. The van der Waals surface area contributed by atoms with Gasteiger partial charge in [0.05, 0.1) is 7.11 Å². The molecular weight excluding hydrogens is 608 g/mol. The molecule has 3 amide bonds. The topological polar surface area (TPSA) is 174 Å². The summed E-state index contributed by atoms with van der Waals surface area (Å²) in [7, 11) is 1.31. The second-order valence-corrected chi connectivity index (χ2v) is 12.4. The van der Waals surface area contributed by atoms with Crippen molar-refractivity contribution < 1.29 is 43.2 Å². The lowest BCUT2D eigenvalue weighted by Gasteiger charge is -2.22. The van der Waals surface area contributed by atoms with Crippen LogP contribution in [0.25, 0.3) is 6.08 Å². The van der Waals surface area contributed by atoms with Crippen LogP contribution in [0.4, 0.5) is 9.59 Å². The lowest BCUT2D eigenvalue weighted by atomic mass is 10.0. The summed E-state index contributed by atoms with van der Waals surface area (Å²) in [5.74, 6) is 0.728. The highest BCUT2D eigenvalue weighted by Gasteiger charge is 2.24. The molecule has 0 spiro atoms. The van der Waals surface area contributed by atoms with Crippen molar-refractivity contribution >= 4 is 36.6 Å². The molecule has 1 heterocycles. The Morgan fingerprint density at radius 3 is 2.11 bits per heavy atom. The van der Waals surface area contributed by atoms with E-state index in [2.05, 4.69) is 25.7 Å². The number of hydrogen-bond donors (Lipinski definition) is 4. The number of carbonyl (C=O) groups is 4. The van der Waals surface area contributed by atoms with Gasteiger partial charge in [0.25, 0.3) is 6.47 Å². The van der Waals surface area contributed by atoms with E-state index in [1.165, 1.54) is 13.2 Å². The predicted octanol–water partition coefficient (Wildman–Crippen LogP) is 5.17. The van der Waals surface area contributed by atoms with Crippen molar-refractivity contribution in [3.05, 3.63) is 65.2 Å². The zero-order valence-electron chi connectivity index (χ0n) is 28.0. The first kappa shape index (κ1) is 38.1. The van der Waals surface area contributed by atoms with E-state index < -0.39 is 23.4 Å². The van der Waals surface area contributed by atoms with Gasteiger partial charge in [-0.3, -0.25) is 25.2 Å². The summed E-state index contributed by atoms with van der Waals surface area (Å²) in [6.07, 6.45) is 3.55. The smallest absolute Gasteiger partial charge is 0.414 e. The van der Waals surface area contributed by atoms with Crippen LogP contribution in [-0.4, -0.2) is 67.0 Å². The Labute approximate surface area is 275 Å².